The summed E-state index contributed by atoms with van der Waals surface area (Å²) in [5.41, 5.74) is 5.99. The van der Waals surface area contributed by atoms with Gasteiger partial charge in [0.2, 0.25) is 0 Å². The summed E-state index contributed by atoms with van der Waals surface area (Å²) < 4.78 is 10.1. The lowest BCUT2D eigenvalue weighted by Gasteiger charge is -2.29. The molecule has 152 valence electrons. The molecule has 4 N–H and O–H groups in total. The van der Waals surface area contributed by atoms with Gasteiger partial charge in [0, 0.05) is 5.70 Å². The van der Waals surface area contributed by atoms with Crippen molar-refractivity contribution in [2.45, 2.75) is 26.7 Å². The molecule has 2 heterocycles. The molecule has 0 saturated carbocycles. The Kier molecular flexibility index (Phi) is 5.35. The molecular weight excluding hydrogens is 380 g/mol. The molecule has 10 heteroatoms. The van der Waals surface area contributed by atoms with E-state index in [0.29, 0.717) is 11.1 Å². The number of carbonyl (C=O) groups excluding carboxylic acids is 2. The molecule has 1 atom stereocenters. The van der Waals surface area contributed by atoms with Gasteiger partial charge in [-0.25, -0.2) is 14.2 Å². The number of amides is 1. The average molecular weight is 400 g/mol. The number of fused-ring (bicyclic) bond motifs is 1. The largest absolute Gasteiger partial charge is 0.478 e. The minimum atomic E-state index is -1.41. The van der Waals surface area contributed by atoms with Crippen molar-refractivity contribution in [2.24, 2.45) is 11.7 Å². The lowest BCUT2D eigenvalue weighted by molar-refractivity contribution is -0.140. The molecule has 1 aromatic carbocycles. The van der Waals surface area contributed by atoms with Gasteiger partial charge < -0.3 is 20.9 Å². The molecule has 1 amide bonds. The fourth-order valence-electron chi connectivity index (χ4n) is 3.21. The van der Waals surface area contributed by atoms with Crippen molar-refractivity contribution in [2.75, 3.05) is 6.61 Å². The SMILES string of the molecule is CC1=C(C(=O)OCC(C)C)C(c2cccc3nonc23)C(C(=O)O)=C(C(N)=O)N1. The first-order valence-corrected chi connectivity index (χ1v) is 8.85. The van der Waals surface area contributed by atoms with E-state index in [2.05, 4.69) is 15.6 Å². The van der Waals surface area contributed by atoms with Crippen LogP contribution in [0.1, 0.15) is 32.3 Å². The Balaban J connectivity index is 2.25. The highest BCUT2D eigenvalue weighted by Crippen LogP contribution is 2.40. The van der Waals surface area contributed by atoms with Gasteiger partial charge in [0.1, 0.15) is 16.7 Å². The normalized spacial score (nSPS) is 16.9. The van der Waals surface area contributed by atoms with Crippen molar-refractivity contribution in [3.05, 3.63) is 46.3 Å². The predicted octanol–water partition coefficient (Wildman–Crippen LogP) is 1.21. The first kappa shape index (κ1) is 20.1. The number of esters is 1. The van der Waals surface area contributed by atoms with E-state index >= 15 is 0 Å². The highest BCUT2D eigenvalue weighted by molar-refractivity contribution is 6.07. The van der Waals surface area contributed by atoms with Crippen LogP contribution in [0.15, 0.2) is 45.4 Å². The van der Waals surface area contributed by atoms with Crippen molar-refractivity contribution < 1.29 is 28.9 Å². The van der Waals surface area contributed by atoms with Crippen LogP contribution in [0.5, 0.6) is 0 Å². The number of carbonyl (C=O) groups is 3. The molecular formula is C19H20N4O6. The van der Waals surface area contributed by atoms with E-state index in [-0.39, 0.29) is 40.6 Å². The summed E-state index contributed by atoms with van der Waals surface area (Å²) in [7, 11) is 0. The van der Waals surface area contributed by atoms with E-state index in [9.17, 15) is 19.5 Å². The number of nitrogens with two attached hydrogens (primary N) is 1. The number of hydrogen-bond donors (Lipinski definition) is 3. The summed E-state index contributed by atoms with van der Waals surface area (Å²) in [6.07, 6.45) is 0. The van der Waals surface area contributed by atoms with Crippen LogP contribution in [0.2, 0.25) is 0 Å². The summed E-state index contributed by atoms with van der Waals surface area (Å²) >= 11 is 0. The van der Waals surface area contributed by atoms with Crippen molar-refractivity contribution in [3.8, 4) is 0 Å². The van der Waals surface area contributed by atoms with Crippen molar-refractivity contribution in [1.82, 2.24) is 15.6 Å². The highest BCUT2D eigenvalue weighted by atomic mass is 16.6. The Bertz CT molecular complexity index is 1070. The van der Waals surface area contributed by atoms with Gasteiger partial charge in [0.05, 0.1) is 23.7 Å². The van der Waals surface area contributed by atoms with Crippen LogP contribution in [0.3, 0.4) is 0 Å². The number of benzene rings is 1. The van der Waals surface area contributed by atoms with E-state index in [0.717, 1.165) is 0 Å². The molecule has 0 bridgehead atoms. The molecule has 0 saturated heterocycles. The Morgan fingerprint density at radius 1 is 1.28 bits per heavy atom. The molecule has 1 unspecified atom stereocenters. The zero-order chi connectivity index (χ0) is 21.3. The number of primary amides is 1. The number of dihydropyridines is 1. The number of nitrogens with one attached hydrogen (secondary N) is 1. The number of carboxylic acids is 1. The number of nitrogens with zero attached hydrogens (tertiary/aromatic N) is 2. The quantitative estimate of drug-likeness (QED) is 0.606. The second-order valence-electron chi connectivity index (χ2n) is 7.03. The highest BCUT2D eigenvalue weighted by Gasteiger charge is 2.41. The van der Waals surface area contributed by atoms with Crippen LogP contribution in [0, 0.1) is 5.92 Å². The number of aromatic nitrogens is 2. The van der Waals surface area contributed by atoms with Crippen LogP contribution in [0.25, 0.3) is 11.0 Å². The van der Waals surface area contributed by atoms with Crippen LogP contribution in [-0.4, -0.2) is 39.9 Å². The van der Waals surface area contributed by atoms with Gasteiger partial charge in [0.25, 0.3) is 5.91 Å². The Morgan fingerprint density at radius 2 is 2.00 bits per heavy atom. The summed E-state index contributed by atoms with van der Waals surface area (Å²) in [6, 6.07) is 4.84. The van der Waals surface area contributed by atoms with Crippen molar-refractivity contribution in [1.29, 1.82) is 0 Å². The monoisotopic (exact) mass is 400 g/mol. The van der Waals surface area contributed by atoms with Gasteiger partial charge in [0.15, 0.2) is 0 Å². The molecule has 0 spiro atoms. The zero-order valence-electron chi connectivity index (χ0n) is 16.1. The number of rotatable bonds is 6. The second kappa shape index (κ2) is 7.74. The molecule has 1 aliphatic heterocycles. The summed E-state index contributed by atoms with van der Waals surface area (Å²) in [4.78, 5) is 37.0. The first-order valence-electron chi connectivity index (χ1n) is 8.85. The Labute approximate surface area is 165 Å². The van der Waals surface area contributed by atoms with Gasteiger partial charge in [-0.15, -0.1) is 0 Å². The molecule has 2 aromatic rings. The summed E-state index contributed by atoms with van der Waals surface area (Å²) in [5, 5.41) is 20.1. The van der Waals surface area contributed by atoms with Crippen LogP contribution < -0.4 is 11.1 Å². The average Bonchev–Trinajstić information content (AvgIpc) is 3.13. The Morgan fingerprint density at radius 3 is 2.62 bits per heavy atom. The maximum Gasteiger partial charge on any atom is 0.336 e. The van der Waals surface area contributed by atoms with E-state index in [1.165, 1.54) is 0 Å². The maximum absolute atomic E-state index is 12.9. The molecule has 29 heavy (non-hydrogen) atoms. The number of hydrogen-bond acceptors (Lipinski definition) is 8. The van der Waals surface area contributed by atoms with E-state index in [1.807, 2.05) is 13.8 Å². The second-order valence-corrected chi connectivity index (χ2v) is 7.03. The third-order valence-corrected chi connectivity index (χ3v) is 4.44. The molecule has 0 fully saturated rings. The van der Waals surface area contributed by atoms with Gasteiger partial charge in [-0.05, 0) is 34.8 Å². The van der Waals surface area contributed by atoms with E-state index in [4.69, 9.17) is 15.1 Å². The molecule has 0 radical (unpaired) electrons. The van der Waals surface area contributed by atoms with Gasteiger partial charge >= 0.3 is 11.9 Å². The third kappa shape index (κ3) is 3.68. The number of allylic oxidation sites excluding steroid dienone is 1. The molecule has 0 aliphatic carbocycles. The fourth-order valence-corrected chi connectivity index (χ4v) is 3.21. The summed E-state index contributed by atoms with van der Waals surface area (Å²) in [6.45, 7) is 5.44. The van der Waals surface area contributed by atoms with Gasteiger partial charge in [-0.2, -0.15) is 0 Å². The van der Waals surface area contributed by atoms with Gasteiger partial charge in [-0.3, -0.25) is 4.79 Å². The minimum Gasteiger partial charge on any atom is -0.478 e. The van der Waals surface area contributed by atoms with Crippen molar-refractivity contribution in [3.63, 3.8) is 0 Å². The topological polar surface area (TPSA) is 158 Å². The third-order valence-electron chi connectivity index (χ3n) is 4.44. The van der Waals surface area contributed by atoms with Crippen molar-refractivity contribution >= 4 is 28.9 Å². The predicted molar refractivity (Wildman–Crippen MR) is 100 cm³/mol. The smallest absolute Gasteiger partial charge is 0.336 e. The van der Waals surface area contributed by atoms with E-state index in [1.54, 1.807) is 25.1 Å². The molecule has 3 rings (SSSR count). The Hall–Kier alpha value is -3.69. The summed E-state index contributed by atoms with van der Waals surface area (Å²) in [5.74, 6) is -4.16. The standard InChI is InChI=1S/C19H20N4O6/c1-8(2)7-28-19(27)12-9(3)21-16(17(20)24)14(18(25)26)13(12)10-5-4-6-11-15(10)23-29-22-11/h4-6,8,13,21H,7H2,1-3H3,(H2,20,24)(H,25,26). The van der Waals surface area contributed by atoms with Crippen LogP contribution in [0.4, 0.5) is 0 Å². The molecule has 1 aromatic heterocycles. The first-order chi connectivity index (χ1) is 13.7. The minimum absolute atomic E-state index is 0.0450. The number of aliphatic carboxylic acids is 1. The maximum atomic E-state index is 12.9. The van der Waals surface area contributed by atoms with Crippen LogP contribution >= 0.6 is 0 Å². The van der Waals surface area contributed by atoms with Crippen LogP contribution in [-0.2, 0) is 19.1 Å². The van der Waals surface area contributed by atoms with E-state index < -0.39 is 23.8 Å². The lowest BCUT2D eigenvalue weighted by atomic mass is 9.79. The zero-order valence-corrected chi connectivity index (χ0v) is 16.1. The van der Waals surface area contributed by atoms with Gasteiger partial charge in [-0.1, -0.05) is 26.0 Å². The fraction of sp³-hybridized carbons (Fsp3) is 0.316. The molecule has 10 nitrogen and oxygen atoms in total. The number of carboxylic acid groups (broad SMARTS) is 1. The molecule has 1 aliphatic rings. The lowest BCUT2D eigenvalue weighted by Crippen LogP contribution is -2.37. The number of ether oxygens (including phenoxy) is 1.